The Hall–Kier alpha value is -1.69. The topological polar surface area (TPSA) is 67.4 Å². The van der Waals surface area contributed by atoms with Crippen molar-refractivity contribution in [3.8, 4) is 0 Å². The maximum absolute atomic E-state index is 12.1. The predicted molar refractivity (Wildman–Crippen MR) is 78.9 cm³/mol. The van der Waals surface area contributed by atoms with Crippen molar-refractivity contribution in [2.45, 2.75) is 32.2 Å². The molecule has 0 radical (unpaired) electrons. The van der Waals surface area contributed by atoms with E-state index in [-0.39, 0.29) is 11.8 Å². The summed E-state index contributed by atoms with van der Waals surface area (Å²) >= 11 is 0. The molecule has 3 heterocycles. The maximum atomic E-state index is 12.1. The summed E-state index contributed by atoms with van der Waals surface area (Å²) < 4.78 is 5.28. The first kappa shape index (κ1) is 14.3. The zero-order valence-corrected chi connectivity index (χ0v) is 12.3. The molecule has 6 nitrogen and oxygen atoms in total. The molecule has 2 aliphatic heterocycles. The van der Waals surface area contributed by atoms with Gasteiger partial charge in [0.15, 0.2) is 0 Å². The highest BCUT2D eigenvalue weighted by Gasteiger charge is 2.21. The van der Waals surface area contributed by atoms with Gasteiger partial charge in [-0.25, -0.2) is 9.97 Å². The molecule has 2 fully saturated rings. The quantitative estimate of drug-likeness (QED) is 0.900. The van der Waals surface area contributed by atoms with Crippen LogP contribution in [0.2, 0.25) is 0 Å². The highest BCUT2D eigenvalue weighted by molar-refractivity contribution is 5.78. The Morgan fingerprint density at radius 3 is 2.86 bits per heavy atom. The van der Waals surface area contributed by atoms with Crippen LogP contribution in [0.3, 0.4) is 0 Å². The number of hydrogen-bond acceptors (Lipinski definition) is 5. The zero-order chi connectivity index (χ0) is 14.5. The zero-order valence-electron chi connectivity index (χ0n) is 12.3. The van der Waals surface area contributed by atoms with Gasteiger partial charge >= 0.3 is 0 Å². The second-order valence-corrected chi connectivity index (χ2v) is 5.63. The summed E-state index contributed by atoms with van der Waals surface area (Å²) in [6, 6.07) is 1.94. The average molecular weight is 290 g/mol. The second-order valence-electron chi connectivity index (χ2n) is 5.63. The Morgan fingerprint density at radius 1 is 1.33 bits per heavy atom. The largest absolute Gasteiger partial charge is 0.381 e. The minimum atomic E-state index is 0.0699. The molecule has 1 amide bonds. The van der Waals surface area contributed by atoms with E-state index in [1.165, 1.54) is 12.8 Å². The van der Waals surface area contributed by atoms with Gasteiger partial charge in [-0.15, -0.1) is 0 Å². The minimum absolute atomic E-state index is 0.0699. The molecular formula is C15H22N4O2. The van der Waals surface area contributed by atoms with Gasteiger partial charge in [0, 0.05) is 38.4 Å². The van der Waals surface area contributed by atoms with Crippen LogP contribution in [0.15, 0.2) is 12.3 Å². The molecule has 0 saturated carbocycles. The highest BCUT2D eigenvalue weighted by atomic mass is 16.5. The number of ether oxygens (including phenoxy) is 1. The minimum Gasteiger partial charge on any atom is -0.381 e. The molecule has 0 spiro atoms. The van der Waals surface area contributed by atoms with E-state index in [2.05, 4.69) is 20.2 Å². The molecule has 6 heteroatoms. The molecule has 2 saturated heterocycles. The second kappa shape index (κ2) is 6.85. The summed E-state index contributed by atoms with van der Waals surface area (Å²) in [5.74, 6) is 1.81. The van der Waals surface area contributed by atoms with Gasteiger partial charge in [0.05, 0.1) is 6.54 Å². The Balaban J connectivity index is 1.54. The molecule has 0 atom stereocenters. The predicted octanol–water partition coefficient (Wildman–Crippen LogP) is 1.12. The standard InChI is InChI=1S/C15H22N4O2/c20-15(12-4-9-21-10-5-12)17-11-13-16-6-3-14(18-13)19-7-1-2-8-19/h3,6,12H,1-2,4-5,7-11H2,(H,17,20). The Morgan fingerprint density at radius 2 is 2.10 bits per heavy atom. The molecule has 21 heavy (non-hydrogen) atoms. The first-order valence-corrected chi connectivity index (χ1v) is 7.75. The third kappa shape index (κ3) is 3.69. The Kier molecular flexibility index (Phi) is 4.65. The van der Waals surface area contributed by atoms with E-state index in [1.807, 2.05) is 6.07 Å². The van der Waals surface area contributed by atoms with Crippen LogP contribution in [0.1, 0.15) is 31.5 Å². The molecule has 0 aromatic carbocycles. The Labute approximate surface area is 124 Å². The fourth-order valence-corrected chi connectivity index (χ4v) is 2.87. The van der Waals surface area contributed by atoms with Crippen molar-refractivity contribution in [1.82, 2.24) is 15.3 Å². The summed E-state index contributed by atoms with van der Waals surface area (Å²) in [5, 5.41) is 2.95. The number of nitrogens with one attached hydrogen (secondary N) is 1. The van der Waals surface area contributed by atoms with Gasteiger partial charge in [0.2, 0.25) is 5.91 Å². The number of carbonyl (C=O) groups excluding carboxylic acids is 1. The van der Waals surface area contributed by atoms with Gasteiger partial charge in [0.1, 0.15) is 11.6 Å². The summed E-state index contributed by atoms with van der Waals surface area (Å²) in [6.07, 6.45) is 5.83. The molecule has 3 rings (SSSR count). The third-order valence-electron chi connectivity index (χ3n) is 4.13. The molecule has 1 N–H and O–H groups in total. The number of carbonyl (C=O) groups is 1. The van der Waals surface area contributed by atoms with Crippen LogP contribution < -0.4 is 10.2 Å². The Bertz CT molecular complexity index is 482. The smallest absolute Gasteiger partial charge is 0.223 e. The fraction of sp³-hybridized carbons (Fsp3) is 0.667. The van der Waals surface area contributed by atoms with Crippen LogP contribution in [0.25, 0.3) is 0 Å². The SMILES string of the molecule is O=C(NCc1nccc(N2CCCC2)n1)C1CCOCC1. The summed E-state index contributed by atoms with van der Waals surface area (Å²) in [4.78, 5) is 23.1. The summed E-state index contributed by atoms with van der Waals surface area (Å²) in [6.45, 7) is 3.88. The van der Waals surface area contributed by atoms with Crippen LogP contribution >= 0.6 is 0 Å². The van der Waals surface area contributed by atoms with Crippen molar-refractivity contribution < 1.29 is 9.53 Å². The van der Waals surface area contributed by atoms with Crippen LogP contribution in [-0.2, 0) is 16.1 Å². The van der Waals surface area contributed by atoms with Crippen LogP contribution in [0, 0.1) is 5.92 Å². The molecule has 1 aromatic heterocycles. The molecule has 0 unspecified atom stereocenters. The van der Waals surface area contributed by atoms with E-state index >= 15 is 0 Å². The van der Waals surface area contributed by atoms with E-state index in [9.17, 15) is 4.79 Å². The molecule has 0 aliphatic carbocycles. The first-order chi connectivity index (χ1) is 10.3. The first-order valence-electron chi connectivity index (χ1n) is 7.75. The van der Waals surface area contributed by atoms with Crippen molar-refractivity contribution in [3.05, 3.63) is 18.1 Å². The number of amides is 1. The van der Waals surface area contributed by atoms with Crippen LogP contribution in [-0.4, -0.2) is 42.2 Å². The maximum Gasteiger partial charge on any atom is 0.223 e. The van der Waals surface area contributed by atoms with Gasteiger partial charge in [-0.2, -0.15) is 0 Å². The number of hydrogen-bond donors (Lipinski definition) is 1. The lowest BCUT2D eigenvalue weighted by molar-refractivity contribution is -0.128. The van der Waals surface area contributed by atoms with E-state index in [4.69, 9.17) is 4.74 Å². The van der Waals surface area contributed by atoms with Gasteiger partial charge in [-0.1, -0.05) is 0 Å². The molecule has 114 valence electrons. The monoisotopic (exact) mass is 290 g/mol. The molecule has 1 aromatic rings. The van der Waals surface area contributed by atoms with E-state index in [0.29, 0.717) is 25.6 Å². The van der Waals surface area contributed by atoms with Gasteiger partial charge < -0.3 is 15.0 Å². The fourth-order valence-electron chi connectivity index (χ4n) is 2.87. The summed E-state index contributed by atoms with van der Waals surface area (Å²) in [5.41, 5.74) is 0. The van der Waals surface area contributed by atoms with E-state index in [0.717, 1.165) is 31.7 Å². The van der Waals surface area contributed by atoms with Crippen LogP contribution in [0.5, 0.6) is 0 Å². The molecule has 2 aliphatic rings. The normalized spacial score (nSPS) is 19.7. The van der Waals surface area contributed by atoms with Crippen molar-refractivity contribution in [3.63, 3.8) is 0 Å². The lowest BCUT2D eigenvalue weighted by Crippen LogP contribution is -2.34. The average Bonchev–Trinajstić information content (AvgIpc) is 3.08. The van der Waals surface area contributed by atoms with Gasteiger partial charge in [-0.05, 0) is 31.7 Å². The number of anilines is 1. The van der Waals surface area contributed by atoms with Crippen LogP contribution in [0.4, 0.5) is 5.82 Å². The lowest BCUT2D eigenvalue weighted by atomic mass is 9.99. The van der Waals surface area contributed by atoms with Crippen molar-refractivity contribution in [2.24, 2.45) is 5.92 Å². The third-order valence-corrected chi connectivity index (χ3v) is 4.13. The van der Waals surface area contributed by atoms with Crippen molar-refractivity contribution in [1.29, 1.82) is 0 Å². The van der Waals surface area contributed by atoms with E-state index < -0.39 is 0 Å². The number of rotatable bonds is 4. The van der Waals surface area contributed by atoms with Gasteiger partial charge in [0.25, 0.3) is 0 Å². The summed E-state index contributed by atoms with van der Waals surface area (Å²) in [7, 11) is 0. The van der Waals surface area contributed by atoms with Gasteiger partial charge in [-0.3, -0.25) is 4.79 Å². The number of aromatic nitrogens is 2. The highest BCUT2D eigenvalue weighted by Crippen LogP contribution is 2.17. The number of nitrogens with zero attached hydrogens (tertiary/aromatic N) is 3. The van der Waals surface area contributed by atoms with Crippen molar-refractivity contribution in [2.75, 3.05) is 31.2 Å². The van der Waals surface area contributed by atoms with E-state index in [1.54, 1.807) is 6.20 Å². The molecule has 0 bridgehead atoms. The molecular weight excluding hydrogens is 268 g/mol. The lowest BCUT2D eigenvalue weighted by Gasteiger charge is -2.21. The van der Waals surface area contributed by atoms with Crippen molar-refractivity contribution >= 4 is 11.7 Å².